The molecule has 0 atom stereocenters. The van der Waals surface area contributed by atoms with Gasteiger partial charge >= 0.3 is 0 Å². The molecule has 1 aromatic rings. The van der Waals surface area contributed by atoms with Crippen molar-refractivity contribution in [3.63, 3.8) is 0 Å². The third-order valence-electron chi connectivity index (χ3n) is 1.45. The molecule has 10 heavy (non-hydrogen) atoms. The minimum atomic E-state index is -0.886. The lowest BCUT2D eigenvalue weighted by molar-refractivity contribution is 0.496. The first-order chi connectivity index (χ1) is 4.63. The molecule has 0 aliphatic carbocycles. The number of aryl methyl sites for hydroxylation is 1. The zero-order valence-electron chi connectivity index (χ0n) is 5.78. The van der Waals surface area contributed by atoms with Crippen LogP contribution < -0.4 is 0 Å². The molecule has 1 rings (SSSR count). The number of hydrogen-bond donors (Lipinski definition) is 0. The highest BCUT2D eigenvalue weighted by atomic mass is 19.2. The van der Waals surface area contributed by atoms with E-state index < -0.39 is 11.6 Å². The fourth-order valence-electron chi connectivity index (χ4n) is 0.645. The van der Waals surface area contributed by atoms with Crippen LogP contribution in [0.4, 0.5) is 8.78 Å². The Morgan fingerprint density at radius 3 is 2.40 bits per heavy atom. The maximum atomic E-state index is 12.6. The second-order valence-electron chi connectivity index (χ2n) is 2.13. The van der Waals surface area contributed by atoms with Crippen LogP contribution >= 0.6 is 0 Å². The highest BCUT2D eigenvalue weighted by Crippen LogP contribution is 2.11. The van der Waals surface area contributed by atoms with Crippen molar-refractivity contribution < 1.29 is 8.78 Å². The van der Waals surface area contributed by atoms with Gasteiger partial charge in [-0.3, -0.25) is 4.98 Å². The summed E-state index contributed by atoms with van der Waals surface area (Å²) in [6.07, 6.45) is 0.887. The van der Waals surface area contributed by atoms with E-state index in [4.69, 9.17) is 0 Å². The molecule has 0 N–H and O–H groups in total. The van der Waals surface area contributed by atoms with Crippen LogP contribution in [-0.2, 0) is 0 Å². The van der Waals surface area contributed by atoms with Gasteiger partial charge in [-0.05, 0) is 13.8 Å². The number of pyridine rings is 1. The molecule has 0 aliphatic heterocycles. The third-order valence-corrected chi connectivity index (χ3v) is 1.45. The van der Waals surface area contributed by atoms with Crippen molar-refractivity contribution >= 4 is 0 Å². The lowest BCUT2D eigenvalue weighted by atomic mass is 10.2. The Hall–Kier alpha value is -0.990. The molecule has 0 aromatic carbocycles. The van der Waals surface area contributed by atoms with E-state index in [9.17, 15) is 8.78 Å². The maximum Gasteiger partial charge on any atom is 0.177 e. The normalized spacial score (nSPS) is 10.0. The molecular weight excluding hydrogens is 136 g/mol. The van der Waals surface area contributed by atoms with Gasteiger partial charge in [0, 0.05) is 11.3 Å². The largest absolute Gasteiger partial charge is 0.258 e. The lowest BCUT2D eigenvalue weighted by Gasteiger charge is -1.99. The molecule has 0 amide bonds. The molecule has 0 aliphatic rings. The van der Waals surface area contributed by atoms with Gasteiger partial charge in [0.2, 0.25) is 0 Å². The number of nitrogens with zero attached hydrogens (tertiary/aromatic N) is 1. The first-order valence-electron chi connectivity index (χ1n) is 2.90. The molecule has 1 nitrogen and oxygen atoms in total. The maximum absolute atomic E-state index is 12.6. The average molecular weight is 143 g/mol. The molecule has 1 aromatic heterocycles. The number of aromatic nitrogens is 1. The van der Waals surface area contributed by atoms with Crippen molar-refractivity contribution in [2.24, 2.45) is 0 Å². The molecular formula is C7H7F2N. The standard InChI is InChI=1S/C7H7F2N/c1-4-5(2)10-3-6(8)7(4)9/h3H,1-2H3. The monoisotopic (exact) mass is 143 g/mol. The van der Waals surface area contributed by atoms with Crippen LogP contribution in [0, 0.1) is 25.5 Å². The van der Waals surface area contributed by atoms with E-state index in [1.54, 1.807) is 6.92 Å². The topological polar surface area (TPSA) is 12.9 Å². The highest BCUT2D eigenvalue weighted by molar-refractivity contribution is 5.19. The fraction of sp³-hybridized carbons (Fsp3) is 0.286. The quantitative estimate of drug-likeness (QED) is 0.541. The van der Waals surface area contributed by atoms with E-state index in [1.165, 1.54) is 6.92 Å². The Morgan fingerprint density at radius 2 is 1.90 bits per heavy atom. The number of rotatable bonds is 0. The second kappa shape index (κ2) is 2.33. The van der Waals surface area contributed by atoms with Crippen LogP contribution in [0.1, 0.15) is 11.3 Å². The average Bonchev–Trinajstić information content (AvgIpc) is 1.93. The van der Waals surface area contributed by atoms with Crippen LogP contribution in [0.2, 0.25) is 0 Å². The first kappa shape index (κ1) is 7.12. The SMILES string of the molecule is Cc1ncc(F)c(F)c1C. The molecule has 54 valence electrons. The summed E-state index contributed by atoms with van der Waals surface area (Å²) < 4.78 is 24.9. The van der Waals surface area contributed by atoms with E-state index in [2.05, 4.69) is 4.98 Å². The van der Waals surface area contributed by atoms with Crippen LogP contribution in [0.3, 0.4) is 0 Å². The van der Waals surface area contributed by atoms with Gasteiger partial charge in [0.15, 0.2) is 11.6 Å². The molecule has 0 saturated carbocycles. The summed E-state index contributed by atoms with van der Waals surface area (Å²) in [6.45, 7) is 3.14. The van der Waals surface area contributed by atoms with Gasteiger partial charge in [0.25, 0.3) is 0 Å². The molecule has 3 heteroatoms. The summed E-state index contributed by atoms with van der Waals surface area (Å²) in [6, 6.07) is 0. The van der Waals surface area contributed by atoms with E-state index in [0.717, 1.165) is 6.20 Å². The van der Waals surface area contributed by atoms with Crippen molar-refractivity contribution in [2.75, 3.05) is 0 Å². The van der Waals surface area contributed by atoms with E-state index in [-0.39, 0.29) is 5.56 Å². The van der Waals surface area contributed by atoms with Crippen LogP contribution in [-0.4, -0.2) is 4.98 Å². The summed E-state index contributed by atoms with van der Waals surface area (Å²) in [5.74, 6) is -1.68. The summed E-state index contributed by atoms with van der Waals surface area (Å²) >= 11 is 0. The van der Waals surface area contributed by atoms with Gasteiger partial charge in [0.1, 0.15) is 0 Å². The Kier molecular flexibility index (Phi) is 1.66. The molecule has 1 heterocycles. The summed E-state index contributed by atoms with van der Waals surface area (Å²) in [5.41, 5.74) is 0.805. The van der Waals surface area contributed by atoms with Crippen LogP contribution in [0.15, 0.2) is 6.20 Å². The predicted molar refractivity (Wildman–Crippen MR) is 33.6 cm³/mol. The summed E-state index contributed by atoms with van der Waals surface area (Å²) in [4.78, 5) is 3.62. The minimum Gasteiger partial charge on any atom is -0.258 e. The lowest BCUT2D eigenvalue weighted by Crippen LogP contribution is -1.94. The van der Waals surface area contributed by atoms with Crippen molar-refractivity contribution in [3.8, 4) is 0 Å². The number of halogens is 2. The first-order valence-corrected chi connectivity index (χ1v) is 2.90. The Balaban J connectivity index is 3.34. The van der Waals surface area contributed by atoms with Crippen molar-refractivity contribution in [2.45, 2.75) is 13.8 Å². The van der Waals surface area contributed by atoms with Gasteiger partial charge in [-0.2, -0.15) is 0 Å². The number of hydrogen-bond acceptors (Lipinski definition) is 1. The van der Waals surface area contributed by atoms with E-state index in [1.807, 2.05) is 0 Å². The Morgan fingerprint density at radius 1 is 1.30 bits per heavy atom. The van der Waals surface area contributed by atoms with Gasteiger partial charge in [-0.15, -0.1) is 0 Å². The molecule has 0 unspecified atom stereocenters. The zero-order chi connectivity index (χ0) is 7.72. The molecule has 0 fully saturated rings. The third kappa shape index (κ3) is 0.988. The molecule has 0 bridgehead atoms. The zero-order valence-corrected chi connectivity index (χ0v) is 5.78. The Bertz CT molecular complexity index is 231. The smallest absolute Gasteiger partial charge is 0.177 e. The Labute approximate surface area is 57.7 Å². The van der Waals surface area contributed by atoms with E-state index in [0.29, 0.717) is 5.69 Å². The predicted octanol–water partition coefficient (Wildman–Crippen LogP) is 1.98. The van der Waals surface area contributed by atoms with Crippen molar-refractivity contribution in [1.82, 2.24) is 4.98 Å². The fourth-order valence-corrected chi connectivity index (χ4v) is 0.645. The molecule has 0 spiro atoms. The van der Waals surface area contributed by atoms with Crippen molar-refractivity contribution in [3.05, 3.63) is 29.1 Å². The molecule has 0 radical (unpaired) electrons. The highest BCUT2D eigenvalue weighted by Gasteiger charge is 2.06. The summed E-state index contributed by atoms with van der Waals surface area (Å²) in [7, 11) is 0. The van der Waals surface area contributed by atoms with Gasteiger partial charge in [0.05, 0.1) is 6.20 Å². The minimum absolute atomic E-state index is 0.278. The summed E-state index contributed by atoms with van der Waals surface area (Å²) in [5, 5.41) is 0. The van der Waals surface area contributed by atoms with Gasteiger partial charge in [-0.25, -0.2) is 8.78 Å². The van der Waals surface area contributed by atoms with Crippen molar-refractivity contribution in [1.29, 1.82) is 0 Å². The van der Waals surface area contributed by atoms with Crippen LogP contribution in [0.25, 0.3) is 0 Å². The van der Waals surface area contributed by atoms with Gasteiger partial charge < -0.3 is 0 Å². The molecule has 0 saturated heterocycles. The van der Waals surface area contributed by atoms with Gasteiger partial charge in [-0.1, -0.05) is 0 Å². The second-order valence-corrected chi connectivity index (χ2v) is 2.13. The van der Waals surface area contributed by atoms with Crippen LogP contribution in [0.5, 0.6) is 0 Å². The van der Waals surface area contributed by atoms with E-state index >= 15 is 0 Å².